The number of nitrogens with zero attached hydrogens (tertiary/aromatic N) is 4. The number of piperidine rings is 1. The van der Waals surface area contributed by atoms with Crippen LogP contribution in [0.4, 0.5) is 0 Å². The average molecular weight is 380 g/mol. The van der Waals surface area contributed by atoms with Crippen molar-refractivity contribution in [3.05, 3.63) is 41.0 Å². The van der Waals surface area contributed by atoms with Crippen molar-refractivity contribution < 1.29 is 9.53 Å². The zero-order valence-electron chi connectivity index (χ0n) is 16.6. The summed E-state index contributed by atoms with van der Waals surface area (Å²) in [7, 11) is 0. The van der Waals surface area contributed by atoms with Crippen LogP contribution in [0, 0.1) is 0 Å². The molecule has 0 spiro atoms. The van der Waals surface area contributed by atoms with Gasteiger partial charge in [-0.3, -0.25) is 4.79 Å². The van der Waals surface area contributed by atoms with E-state index in [9.17, 15) is 4.79 Å². The first-order chi connectivity index (χ1) is 13.7. The lowest BCUT2D eigenvalue weighted by molar-refractivity contribution is -0.129. The Bertz CT molecular complexity index is 877. The summed E-state index contributed by atoms with van der Waals surface area (Å²) in [5.74, 6) is 2.78. The highest BCUT2D eigenvalue weighted by molar-refractivity contribution is 5.73. The topological polar surface area (TPSA) is 60.3 Å². The lowest BCUT2D eigenvalue weighted by atomic mass is 9.95. The molecule has 0 N–H and O–H groups in total. The summed E-state index contributed by atoms with van der Waals surface area (Å²) >= 11 is 0. The Hall–Kier alpha value is -2.21. The Morgan fingerprint density at radius 1 is 1.11 bits per heavy atom. The van der Waals surface area contributed by atoms with Crippen molar-refractivity contribution in [1.29, 1.82) is 0 Å². The summed E-state index contributed by atoms with van der Waals surface area (Å²) in [4.78, 5) is 18.7. The van der Waals surface area contributed by atoms with E-state index in [1.165, 1.54) is 24.0 Å². The van der Waals surface area contributed by atoms with Gasteiger partial charge in [-0.15, -0.1) is 0 Å². The van der Waals surface area contributed by atoms with Gasteiger partial charge in [0.15, 0.2) is 5.82 Å². The number of fused-ring (bicyclic) bond motifs is 1. The molecule has 28 heavy (non-hydrogen) atoms. The van der Waals surface area contributed by atoms with Crippen molar-refractivity contribution >= 4 is 5.91 Å². The number of aromatic nitrogens is 3. The zero-order valence-corrected chi connectivity index (χ0v) is 16.6. The van der Waals surface area contributed by atoms with Crippen LogP contribution in [0.3, 0.4) is 0 Å². The Balaban J connectivity index is 1.49. The largest absolute Gasteiger partial charge is 0.381 e. The normalized spacial score (nSPS) is 22.6. The maximum Gasteiger partial charge on any atom is 0.219 e. The highest BCUT2D eigenvalue weighted by atomic mass is 16.5. The van der Waals surface area contributed by atoms with E-state index in [-0.39, 0.29) is 5.91 Å². The van der Waals surface area contributed by atoms with Gasteiger partial charge in [0.2, 0.25) is 5.91 Å². The first kappa shape index (κ1) is 17.9. The number of carbonyl (C=O) groups excluding carboxylic acids is 1. The van der Waals surface area contributed by atoms with E-state index in [2.05, 4.69) is 22.9 Å². The number of likely N-dealkylation sites (tertiary alicyclic amines) is 1. The summed E-state index contributed by atoms with van der Waals surface area (Å²) < 4.78 is 7.66. The lowest BCUT2D eigenvalue weighted by Crippen LogP contribution is -2.36. The Labute approximate surface area is 165 Å². The van der Waals surface area contributed by atoms with E-state index in [1.807, 2.05) is 4.90 Å². The van der Waals surface area contributed by atoms with Crippen molar-refractivity contribution in [1.82, 2.24) is 19.7 Å². The fourth-order valence-electron chi connectivity index (χ4n) is 4.85. The van der Waals surface area contributed by atoms with Gasteiger partial charge < -0.3 is 9.64 Å². The molecule has 1 aliphatic carbocycles. The number of aryl methyl sites for hydroxylation is 2. The molecule has 3 aliphatic rings. The van der Waals surface area contributed by atoms with E-state index < -0.39 is 0 Å². The monoisotopic (exact) mass is 380 g/mol. The van der Waals surface area contributed by atoms with Gasteiger partial charge in [0.05, 0.1) is 12.3 Å². The molecular formula is C22H28N4O2. The third kappa shape index (κ3) is 3.24. The van der Waals surface area contributed by atoms with E-state index in [4.69, 9.17) is 14.8 Å². The minimum Gasteiger partial charge on any atom is -0.381 e. The average Bonchev–Trinajstić information content (AvgIpc) is 3.47. The van der Waals surface area contributed by atoms with Crippen molar-refractivity contribution in [3.63, 3.8) is 0 Å². The predicted molar refractivity (Wildman–Crippen MR) is 106 cm³/mol. The van der Waals surface area contributed by atoms with Gasteiger partial charge >= 0.3 is 0 Å². The maximum absolute atomic E-state index is 11.7. The van der Waals surface area contributed by atoms with Crippen LogP contribution in [0.1, 0.15) is 67.2 Å². The van der Waals surface area contributed by atoms with Crippen molar-refractivity contribution in [2.24, 2.45) is 0 Å². The van der Waals surface area contributed by atoms with Crippen LogP contribution in [0.25, 0.3) is 5.69 Å². The van der Waals surface area contributed by atoms with E-state index >= 15 is 0 Å². The van der Waals surface area contributed by atoms with Crippen molar-refractivity contribution in [2.75, 3.05) is 26.3 Å². The van der Waals surface area contributed by atoms with Gasteiger partial charge in [-0.25, -0.2) is 9.67 Å². The Morgan fingerprint density at radius 3 is 2.68 bits per heavy atom. The number of hydrogen-bond donors (Lipinski definition) is 0. The van der Waals surface area contributed by atoms with Crippen LogP contribution < -0.4 is 0 Å². The number of rotatable bonds is 3. The molecule has 2 aromatic rings. The summed E-state index contributed by atoms with van der Waals surface area (Å²) in [5, 5.41) is 4.96. The van der Waals surface area contributed by atoms with Gasteiger partial charge in [-0.1, -0.05) is 6.07 Å². The second kappa shape index (κ2) is 7.32. The molecule has 0 bridgehead atoms. The molecule has 2 fully saturated rings. The molecule has 6 nitrogen and oxygen atoms in total. The van der Waals surface area contributed by atoms with E-state index in [0.717, 1.165) is 69.3 Å². The van der Waals surface area contributed by atoms with Crippen LogP contribution >= 0.6 is 0 Å². The fraction of sp³-hybridized carbons (Fsp3) is 0.591. The first-order valence-electron chi connectivity index (χ1n) is 10.6. The van der Waals surface area contributed by atoms with Gasteiger partial charge in [0.1, 0.15) is 5.82 Å². The highest BCUT2D eigenvalue weighted by Crippen LogP contribution is 2.32. The molecule has 0 radical (unpaired) electrons. The molecule has 1 amide bonds. The molecule has 148 valence electrons. The number of carbonyl (C=O) groups is 1. The van der Waals surface area contributed by atoms with Crippen LogP contribution in [-0.4, -0.2) is 51.9 Å². The van der Waals surface area contributed by atoms with Gasteiger partial charge in [0, 0.05) is 38.5 Å². The van der Waals surface area contributed by atoms with Crippen LogP contribution in [0.2, 0.25) is 0 Å². The highest BCUT2D eigenvalue weighted by Gasteiger charge is 2.30. The molecule has 0 saturated carbocycles. The van der Waals surface area contributed by atoms with Gasteiger partial charge in [0.25, 0.3) is 0 Å². The SMILES string of the molecule is CC(=O)N1CCC(c2nc([C@H]3CCOC3)nn2-c2ccc3c(c2)CCC3)CC1. The summed E-state index contributed by atoms with van der Waals surface area (Å²) in [6.07, 6.45) is 6.49. The molecule has 0 unspecified atom stereocenters. The zero-order chi connectivity index (χ0) is 19.1. The van der Waals surface area contributed by atoms with E-state index in [0.29, 0.717) is 11.8 Å². The van der Waals surface area contributed by atoms with Crippen molar-refractivity contribution in [3.8, 4) is 5.69 Å². The standard InChI is InChI=1S/C22H28N4O2/c1-15(27)25-10-7-17(8-11-25)22-23-21(19-9-12-28-14-19)24-26(22)20-6-5-16-3-2-4-18(16)13-20/h5-6,13,17,19H,2-4,7-12,14H2,1H3/t19-/m0/s1. The minimum absolute atomic E-state index is 0.169. The second-order valence-electron chi connectivity index (χ2n) is 8.39. The summed E-state index contributed by atoms with van der Waals surface area (Å²) in [5.41, 5.74) is 4.06. The first-order valence-corrected chi connectivity index (χ1v) is 10.6. The molecule has 1 atom stereocenters. The fourth-order valence-corrected chi connectivity index (χ4v) is 4.85. The molecule has 1 aromatic carbocycles. The van der Waals surface area contributed by atoms with Crippen LogP contribution in [-0.2, 0) is 22.4 Å². The molecule has 1 aromatic heterocycles. The molecule has 6 heteroatoms. The number of hydrogen-bond acceptors (Lipinski definition) is 4. The number of benzene rings is 1. The predicted octanol–water partition coefficient (Wildman–Crippen LogP) is 2.99. The van der Waals surface area contributed by atoms with Crippen molar-refractivity contribution in [2.45, 2.75) is 57.3 Å². The van der Waals surface area contributed by atoms with Gasteiger partial charge in [-0.05, 0) is 61.8 Å². The molecule has 2 saturated heterocycles. The van der Waals surface area contributed by atoms with E-state index in [1.54, 1.807) is 6.92 Å². The third-order valence-corrected chi connectivity index (χ3v) is 6.58. The number of amides is 1. The Morgan fingerprint density at radius 2 is 1.93 bits per heavy atom. The number of ether oxygens (including phenoxy) is 1. The molecule has 3 heterocycles. The maximum atomic E-state index is 11.7. The lowest BCUT2D eigenvalue weighted by Gasteiger charge is -2.30. The molecule has 5 rings (SSSR count). The molecular weight excluding hydrogens is 352 g/mol. The quantitative estimate of drug-likeness (QED) is 0.821. The molecule has 2 aliphatic heterocycles. The second-order valence-corrected chi connectivity index (χ2v) is 8.39. The van der Waals surface area contributed by atoms with Gasteiger partial charge in [-0.2, -0.15) is 5.10 Å². The Kier molecular flexibility index (Phi) is 4.67. The van der Waals surface area contributed by atoms with Crippen LogP contribution in [0.5, 0.6) is 0 Å². The minimum atomic E-state index is 0.169. The third-order valence-electron chi connectivity index (χ3n) is 6.58. The summed E-state index contributed by atoms with van der Waals surface area (Å²) in [6, 6.07) is 6.77. The van der Waals surface area contributed by atoms with Crippen LogP contribution in [0.15, 0.2) is 18.2 Å². The summed E-state index contributed by atoms with van der Waals surface area (Å²) in [6.45, 7) is 4.78. The smallest absolute Gasteiger partial charge is 0.219 e.